The number of hydrogen-bond acceptors (Lipinski definition) is 2. The van der Waals surface area contributed by atoms with E-state index in [-0.39, 0.29) is 0 Å². The summed E-state index contributed by atoms with van der Waals surface area (Å²) in [5, 5.41) is 9.00. The van der Waals surface area contributed by atoms with Gasteiger partial charge in [0.1, 0.15) is 0 Å². The Hall–Kier alpha value is -1.32. The summed E-state index contributed by atoms with van der Waals surface area (Å²) in [5.41, 5.74) is 2.36. The Morgan fingerprint density at radius 3 is 2.67 bits per heavy atom. The molecule has 112 valence electrons. The third kappa shape index (κ3) is 3.66. The lowest BCUT2D eigenvalue weighted by Gasteiger charge is -2.13. The lowest BCUT2D eigenvalue weighted by molar-refractivity contribution is 0.458. The van der Waals surface area contributed by atoms with Crippen molar-refractivity contribution < 1.29 is 0 Å². The molecule has 3 nitrogen and oxygen atoms in total. The summed E-state index contributed by atoms with van der Waals surface area (Å²) in [4.78, 5) is 0. The van der Waals surface area contributed by atoms with Crippen LogP contribution in [0.5, 0.6) is 0 Å². The normalized spacial score (nSPS) is 17.2. The topological polar surface area (TPSA) is 29.9 Å². The summed E-state index contributed by atoms with van der Waals surface area (Å²) in [6.07, 6.45) is 7.35. The van der Waals surface area contributed by atoms with E-state index < -0.39 is 0 Å². The first-order valence-corrected chi connectivity index (χ1v) is 8.13. The smallest absolute Gasteiger partial charge is 0.0762 e. The van der Waals surface area contributed by atoms with E-state index in [0.717, 1.165) is 17.3 Å². The van der Waals surface area contributed by atoms with Crippen LogP contribution < -0.4 is 5.32 Å². The van der Waals surface area contributed by atoms with Gasteiger partial charge in [0, 0.05) is 23.8 Å². The Bertz CT molecular complexity index is 570. The fraction of sp³-hybridized carbons (Fsp3) is 0.471. The number of hydrogen-bond donors (Lipinski definition) is 1. The van der Waals surface area contributed by atoms with Crippen molar-refractivity contribution in [2.45, 2.75) is 51.2 Å². The van der Waals surface area contributed by atoms with Gasteiger partial charge in [-0.2, -0.15) is 5.10 Å². The van der Waals surface area contributed by atoms with Crippen LogP contribution in [0.25, 0.3) is 0 Å². The van der Waals surface area contributed by atoms with Crippen LogP contribution in [0.1, 0.15) is 55.9 Å². The van der Waals surface area contributed by atoms with E-state index in [1.807, 2.05) is 12.1 Å². The second-order valence-electron chi connectivity index (χ2n) is 5.88. The van der Waals surface area contributed by atoms with Crippen LogP contribution in [0.3, 0.4) is 0 Å². The minimum absolute atomic E-state index is 0.291. The van der Waals surface area contributed by atoms with Crippen molar-refractivity contribution in [2.24, 2.45) is 0 Å². The SMILES string of the molecule is CC(NCc1ccn(C2CCCC2)n1)c1ccc(Cl)cc1. The minimum Gasteiger partial charge on any atom is -0.304 e. The van der Waals surface area contributed by atoms with E-state index in [1.165, 1.54) is 31.2 Å². The fourth-order valence-corrected chi connectivity index (χ4v) is 3.10. The highest BCUT2D eigenvalue weighted by atomic mass is 35.5. The number of halogens is 1. The van der Waals surface area contributed by atoms with Crippen LogP contribution in [-0.2, 0) is 6.54 Å². The molecule has 1 aromatic heterocycles. The molecule has 21 heavy (non-hydrogen) atoms. The molecule has 0 spiro atoms. The summed E-state index contributed by atoms with van der Waals surface area (Å²) < 4.78 is 2.15. The molecular formula is C17H22ClN3. The zero-order chi connectivity index (χ0) is 14.7. The largest absolute Gasteiger partial charge is 0.304 e. The number of benzene rings is 1. The molecule has 1 N–H and O–H groups in total. The van der Waals surface area contributed by atoms with Crippen molar-refractivity contribution in [3.8, 4) is 0 Å². The molecule has 3 rings (SSSR count). The lowest BCUT2D eigenvalue weighted by atomic mass is 10.1. The van der Waals surface area contributed by atoms with Gasteiger partial charge >= 0.3 is 0 Å². The van der Waals surface area contributed by atoms with Crippen molar-refractivity contribution in [3.05, 3.63) is 52.8 Å². The summed E-state index contributed by atoms with van der Waals surface area (Å²) in [7, 11) is 0. The highest BCUT2D eigenvalue weighted by molar-refractivity contribution is 6.30. The van der Waals surface area contributed by atoms with Crippen LogP contribution in [0.15, 0.2) is 36.5 Å². The van der Waals surface area contributed by atoms with E-state index >= 15 is 0 Å². The molecule has 1 heterocycles. The maximum absolute atomic E-state index is 5.92. The van der Waals surface area contributed by atoms with Crippen molar-refractivity contribution >= 4 is 11.6 Å². The van der Waals surface area contributed by atoms with E-state index in [1.54, 1.807) is 0 Å². The quantitative estimate of drug-likeness (QED) is 0.881. The van der Waals surface area contributed by atoms with Crippen molar-refractivity contribution in [2.75, 3.05) is 0 Å². The van der Waals surface area contributed by atoms with E-state index in [9.17, 15) is 0 Å². The predicted octanol–water partition coefficient (Wildman–Crippen LogP) is 4.50. The molecule has 1 unspecified atom stereocenters. The fourth-order valence-electron chi connectivity index (χ4n) is 2.97. The average molecular weight is 304 g/mol. The van der Waals surface area contributed by atoms with Gasteiger partial charge in [-0.05, 0) is 43.5 Å². The molecule has 1 aliphatic rings. The Kier molecular flexibility index (Phi) is 4.61. The van der Waals surface area contributed by atoms with E-state index in [0.29, 0.717) is 12.1 Å². The van der Waals surface area contributed by atoms with Gasteiger partial charge in [-0.1, -0.05) is 36.6 Å². The average Bonchev–Trinajstić information content (AvgIpc) is 3.16. The monoisotopic (exact) mass is 303 g/mol. The first kappa shape index (κ1) is 14.6. The summed E-state index contributed by atoms with van der Waals surface area (Å²) in [6.45, 7) is 2.96. The van der Waals surface area contributed by atoms with Gasteiger partial charge in [0.05, 0.1) is 11.7 Å². The molecule has 1 saturated carbocycles. The molecule has 2 aromatic rings. The van der Waals surface area contributed by atoms with Gasteiger partial charge in [0.25, 0.3) is 0 Å². The van der Waals surface area contributed by atoms with Gasteiger partial charge in [-0.3, -0.25) is 4.68 Å². The molecular weight excluding hydrogens is 282 g/mol. The summed E-state index contributed by atoms with van der Waals surface area (Å²) in [5.74, 6) is 0. The van der Waals surface area contributed by atoms with Crippen LogP contribution in [0, 0.1) is 0 Å². The van der Waals surface area contributed by atoms with Gasteiger partial charge in [0.15, 0.2) is 0 Å². The highest BCUT2D eigenvalue weighted by Crippen LogP contribution is 2.28. The third-order valence-corrected chi connectivity index (χ3v) is 4.57. The highest BCUT2D eigenvalue weighted by Gasteiger charge is 2.17. The Morgan fingerprint density at radius 1 is 1.24 bits per heavy atom. The van der Waals surface area contributed by atoms with Gasteiger partial charge in [0.2, 0.25) is 0 Å². The third-order valence-electron chi connectivity index (χ3n) is 4.32. The molecule has 0 amide bonds. The molecule has 1 atom stereocenters. The van der Waals surface area contributed by atoms with Crippen LogP contribution >= 0.6 is 11.6 Å². The molecule has 0 saturated heterocycles. The number of aromatic nitrogens is 2. The molecule has 4 heteroatoms. The summed E-state index contributed by atoms with van der Waals surface area (Å²) >= 11 is 5.92. The minimum atomic E-state index is 0.291. The van der Waals surface area contributed by atoms with Crippen LogP contribution in [-0.4, -0.2) is 9.78 Å². The maximum atomic E-state index is 5.92. The first-order valence-electron chi connectivity index (χ1n) is 7.75. The lowest BCUT2D eigenvalue weighted by Crippen LogP contribution is -2.18. The summed E-state index contributed by atoms with van der Waals surface area (Å²) in [6, 6.07) is 11.0. The first-order chi connectivity index (χ1) is 10.2. The molecule has 1 aromatic carbocycles. The van der Waals surface area contributed by atoms with Crippen LogP contribution in [0.4, 0.5) is 0 Å². The Morgan fingerprint density at radius 2 is 1.95 bits per heavy atom. The predicted molar refractivity (Wildman–Crippen MR) is 86.4 cm³/mol. The second-order valence-corrected chi connectivity index (χ2v) is 6.32. The standard InChI is InChI=1S/C17H22ClN3/c1-13(14-6-8-15(18)9-7-14)19-12-16-10-11-21(20-16)17-4-2-3-5-17/h6-11,13,17,19H,2-5,12H2,1H3. The molecule has 1 aliphatic carbocycles. The molecule has 0 radical (unpaired) electrons. The zero-order valence-electron chi connectivity index (χ0n) is 12.4. The van der Waals surface area contributed by atoms with Crippen molar-refractivity contribution in [1.82, 2.24) is 15.1 Å². The van der Waals surface area contributed by atoms with Crippen LogP contribution in [0.2, 0.25) is 5.02 Å². The van der Waals surface area contributed by atoms with E-state index in [4.69, 9.17) is 16.7 Å². The van der Waals surface area contributed by atoms with Gasteiger partial charge < -0.3 is 5.32 Å². The van der Waals surface area contributed by atoms with Crippen molar-refractivity contribution in [1.29, 1.82) is 0 Å². The van der Waals surface area contributed by atoms with Gasteiger partial charge in [-0.15, -0.1) is 0 Å². The van der Waals surface area contributed by atoms with E-state index in [2.05, 4.69) is 41.3 Å². The number of nitrogens with one attached hydrogen (secondary N) is 1. The van der Waals surface area contributed by atoms with Crippen molar-refractivity contribution in [3.63, 3.8) is 0 Å². The Labute approximate surface area is 131 Å². The number of nitrogens with zero attached hydrogens (tertiary/aromatic N) is 2. The Balaban J connectivity index is 1.56. The molecule has 0 aliphatic heterocycles. The zero-order valence-corrected chi connectivity index (χ0v) is 13.2. The second kappa shape index (κ2) is 6.63. The maximum Gasteiger partial charge on any atom is 0.0762 e. The number of rotatable bonds is 5. The molecule has 1 fully saturated rings. The van der Waals surface area contributed by atoms with Gasteiger partial charge in [-0.25, -0.2) is 0 Å². The molecule has 0 bridgehead atoms.